The highest BCUT2D eigenvalue weighted by Crippen LogP contribution is 2.36. The molecule has 8 heteroatoms. The van der Waals surface area contributed by atoms with E-state index in [2.05, 4.69) is 6.58 Å². The third kappa shape index (κ3) is 4.32. The van der Waals surface area contributed by atoms with Gasteiger partial charge in [0.2, 0.25) is 0 Å². The third-order valence-electron chi connectivity index (χ3n) is 4.94. The maximum absolute atomic E-state index is 13.3. The quantitative estimate of drug-likeness (QED) is 0.437. The molecule has 1 aromatic heterocycles. The molecule has 7 nitrogen and oxygen atoms in total. The first-order valence-corrected chi connectivity index (χ1v) is 9.68. The molecule has 1 heterocycles. The van der Waals surface area contributed by atoms with Crippen molar-refractivity contribution in [2.45, 2.75) is 19.8 Å². The van der Waals surface area contributed by atoms with E-state index in [0.717, 1.165) is 6.26 Å². The summed E-state index contributed by atoms with van der Waals surface area (Å²) < 4.78 is 11.7. The maximum atomic E-state index is 13.3. The Bertz CT molecular complexity index is 1190. The number of esters is 1. The molecule has 0 unspecified atom stereocenters. The smallest absolute Gasteiger partial charge is 0.315 e. The van der Waals surface area contributed by atoms with Crippen molar-refractivity contribution in [2.75, 3.05) is 7.11 Å². The Hall–Kier alpha value is -3.58. The Morgan fingerprint density at radius 1 is 1.10 bits per heavy atom. The lowest BCUT2D eigenvalue weighted by Gasteiger charge is -2.11. The van der Waals surface area contributed by atoms with Gasteiger partial charge in [-0.1, -0.05) is 18.2 Å². The zero-order valence-electron chi connectivity index (χ0n) is 17.0. The van der Waals surface area contributed by atoms with Gasteiger partial charge in [0.25, 0.3) is 5.91 Å². The highest BCUT2D eigenvalue weighted by Gasteiger charge is 2.26. The van der Waals surface area contributed by atoms with Crippen molar-refractivity contribution in [3.8, 4) is 5.75 Å². The second-order valence-corrected chi connectivity index (χ2v) is 7.19. The zero-order valence-corrected chi connectivity index (χ0v) is 17.7. The van der Waals surface area contributed by atoms with Gasteiger partial charge in [-0.2, -0.15) is 0 Å². The van der Waals surface area contributed by atoms with Crippen LogP contribution in [0.1, 0.15) is 27.2 Å². The fraction of sp³-hybridized carbons (Fsp3) is 0.174. The fourth-order valence-corrected chi connectivity index (χ4v) is 3.76. The molecule has 0 atom stereocenters. The van der Waals surface area contributed by atoms with E-state index in [9.17, 15) is 19.5 Å². The fourth-order valence-electron chi connectivity index (χ4n) is 3.63. The molecular weight excluding hydrogens is 422 g/mol. The molecule has 3 rings (SSSR count). The van der Waals surface area contributed by atoms with Crippen LogP contribution in [0.2, 0.25) is 5.02 Å². The number of ether oxygens (including phenoxy) is 2. The average Bonchev–Trinajstić information content (AvgIpc) is 3.00. The van der Waals surface area contributed by atoms with Crippen molar-refractivity contribution in [3.63, 3.8) is 0 Å². The first-order chi connectivity index (χ1) is 14.8. The van der Waals surface area contributed by atoms with E-state index in [1.807, 2.05) is 0 Å². The number of nitrogens with zero attached hydrogens (tertiary/aromatic N) is 1. The predicted molar refractivity (Wildman–Crippen MR) is 116 cm³/mol. The summed E-state index contributed by atoms with van der Waals surface area (Å²) in [6.07, 6.45) is 0.505. The molecule has 0 amide bonds. The number of aliphatic carboxylic acids is 1. The van der Waals surface area contributed by atoms with E-state index in [1.54, 1.807) is 43.3 Å². The molecule has 3 aromatic rings. The van der Waals surface area contributed by atoms with Crippen molar-refractivity contribution in [1.82, 2.24) is 4.57 Å². The lowest BCUT2D eigenvalue weighted by Crippen LogP contribution is -2.14. The minimum atomic E-state index is -1.07. The number of halogens is 1. The Labute approximate surface area is 183 Å². The number of rotatable bonds is 7. The molecule has 2 aromatic carbocycles. The molecule has 0 saturated heterocycles. The van der Waals surface area contributed by atoms with Gasteiger partial charge in [-0.3, -0.25) is 19.0 Å². The van der Waals surface area contributed by atoms with Crippen LogP contribution in [0.25, 0.3) is 10.9 Å². The Morgan fingerprint density at radius 2 is 1.77 bits per heavy atom. The van der Waals surface area contributed by atoms with Crippen molar-refractivity contribution in [2.24, 2.45) is 0 Å². The summed E-state index contributed by atoms with van der Waals surface area (Å²) in [6, 6.07) is 9.70. The first-order valence-electron chi connectivity index (χ1n) is 9.30. The molecule has 0 aliphatic heterocycles. The van der Waals surface area contributed by atoms with Crippen LogP contribution in [-0.2, 0) is 27.2 Å². The van der Waals surface area contributed by atoms with Crippen molar-refractivity contribution < 1.29 is 29.0 Å². The number of benzene rings is 2. The summed E-state index contributed by atoms with van der Waals surface area (Å²) in [6.45, 7) is 5.05. The molecule has 0 aliphatic rings. The Kier molecular flexibility index (Phi) is 6.46. The summed E-state index contributed by atoms with van der Waals surface area (Å²) in [4.78, 5) is 37.1. The van der Waals surface area contributed by atoms with Gasteiger partial charge in [-0.05, 0) is 48.9 Å². The standard InChI is InChI=1S/C23H20ClNO6/c1-4-31-21(28)12-17-19(30-3)10-9-18-22(17)16(11-20(26)27)13(2)25(18)23(29)14-5-7-15(24)8-6-14/h4-10H,1,11-12H2,2-3H3,(H,26,27). The van der Waals surface area contributed by atoms with Gasteiger partial charge in [-0.15, -0.1) is 0 Å². The van der Waals surface area contributed by atoms with Crippen LogP contribution in [0.3, 0.4) is 0 Å². The minimum absolute atomic E-state index is 0.183. The number of fused-ring (bicyclic) bond motifs is 1. The lowest BCUT2D eigenvalue weighted by atomic mass is 9.99. The van der Waals surface area contributed by atoms with Gasteiger partial charge < -0.3 is 14.6 Å². The van der Waals surface area contributed by atoms with Crippen molar-refractivity contribution >= 4 is 40.3 Å². The summed E-state index contributed by atoms with van der Waals surface area (Å²) in [7, 11) is 1.45. The number of hydrogen-bond acceptors (Lipinski definition) is 5. The Balaban J connectivity index is 2.31. The molecule has 1 N–H and O–H groups in total. The number of methoxy groups -OCH3 is 1. The van der Waals surface area contributed by atoms with E-state index >= 15 is 0 Å². The van der Waals surface area contributed by atoms with Gasteiger partial charge in [0.15, 0.2) is 0 Å². The monoisotopic (exact) mass is 441 g/mol. The van der Waals surface area contributed by atoms with Crippen LogP contribution in [0.5, 0.6) is 5.75 Å². The largest absolute Gasteiger partial charge is 0.496 e. The highest BCUT2D eigenvalue weighted by molar-refractivity contribution is 6.30. The van der Waals surface area contributed by atoms with Gasteiger partial charge in [0.05, 0.1) is 31.7 Å². The molecule has 0 saturated carbocycles. The summed E-state index contributed by atoms with van der Waals surface area (Å²) in [5, 5.41) is 10.5. The van der Waals surface area contributed by atoms with Crippen LogP contribution >= 0.6 is 11.6 Å². The number of carboxylic acids is 1. The SMILES string of the molecule is C=COC(=O)Cc1c(OC)ccc2c1c(CC(=O)O)c(C)n2C(=O)c1ccc(Cl)cc1. The maximum Gasteiger partial charge on any atom is 0.315 e. The molecule has 0 aliphatic carbocycles. The molecule has 160 valence electrons. The number of carbonyl (C=O) groups is 3. The second-order valence-electron chi connectivity index (χ2n) is 6.76. The first kappa shape index (κ1) is 22.1. The molecular formula is C23H20ClNO6. The topological polar surface area (TPSA) is 94.8 Å². The van der Waals surface area contributed by atoms with Crippen LogP contribution in [0, 0.1) is 6.92 Å². The molecule has 0 fully saturated rings. The predicted octanol–water partition coefficient (Wildman–Crippen LogP) is 4.16. The molecule has 31 heavy (non-hydrogen) atoms. The zero-order chi connectivity index (χ0) is 22.7. The van der Waals surface area contributed by atoms with Crippen LogP contribution < -0.4 is 4.74 Å². The van der Waals surface area contributed by atoms with E-state index in [0.29, 0.717) is 44.1 Å². The van der Waals surface area contributed by atoms with E-state index < -0.39 is 11.9 Å². The molecule has 0 bridgehead atoms. The summed E-state index contributed by atoms with van der Waals surface area (Å²) >= 11 is 5.93. The van der Waals surface area contributed by atoms with Gasteiger partial charge in [-0.25, -0.2) is 0 Å². The van der Waals surface area contributed by atoms with E-state index in [-0.39, 0.29) is 18.7 Å². The van der Waals surface area contributed by atoms with E-state index in [1.165, 1.54) is 11.7 Å². The molecule has 0 spiro atoms. The number of aromatic nitrogens is 1. The van der Waals surface area contributed by atoms with Gasteiger partial charge in [0.1, 0.15) is 5.75 Å². The summed E-state index contributed by atoms with van der Waals surface area (Å²) in [5.41, 5.74) is 2.17. The number of carbonyl (C=O) groups excluding carboxylic acids is 2. The number of carboxylic acid groups (broad SMARTS) is 1. The van der Waals surface area contributed by atoms with Gasteiger partial charge in [0, 0.05) is 27.2 Å². The minimum Gasteiger partial charge on any atom is -0.496 e. The van der Waals surface area contributed by atoms with Crippen molar-refractivity contribution in [1.29, 1.82) is 0 Å². The van der Waals surface area contributed by atoms with Crippen LogP contribution in [0.4, 0.5) is 0 Å². The van der Waals surface area contributed by atoms with E-state index in [4.69, 9.17) is 21.1 Å². The average molecular weight is 442 g/mol. The van der Waals surface area contributed by atoms with Crippen molar-refractivity contribution in [3.05, 3.63) is 76.6 Å². The van der Waals surface area contributed by atoms with Gasteiger partial charge >= 0.3 is 11.9 Å². The lowest BCUT2D eigenvalue weighted by molar-refractivity contribution is -0.137. The van der Waals surface area contributed by atoms with Crippen LogP contribution in [0.15, 0.2) is 49.2 Å². The highest BCUT2D eigenvalue weighted by atomic mass is 35.5. The van der Waals surface area contributed by atoms with Crippen LogP contribution in [-0.4, -0.2) is 34.6 Å². The number of hydrogen-bond donors (Lipinski definition) is 1. The molecule has 0 radical (unpaired) electrons. The normalized spacial score (nSPS) is 10.7. The summed E-state index contributed by atoms with van der Waals surface area (Å²) in [5.74, 6) is -1.61. The third-order valence-corrected chi connectivity index (χ3v) is 5.19. The second kappa shape index (κ2) is 9.06. The Morgan fingerprint density at radius 3 is 2.35 bits per heavy atom.